The van der Waals surface area contributed by atoms with Crippen LogP contribution >= 0.6 is 0 Å². The number of fused-ring (bicyclic) bond motifs is 1. The highest BCUT2D eigenvalue weighted by atomic mass is 16.5. The van der Waals surface area contributed by atoms with Crippen molar-refractivity contribution in [3.8, 4) is 5.75 Å². The molecule has 7 heteroatoms. The van der Waals surface area contributed by atoms with Crippen LogP contribution in [0.4, 0.5) is 0 Å². The smallest absolute Gasteiger partial charge is 0.287 e. The molecule has 3 aromatic rings. The summed E-state index contributed by atoms with van der Waals surface area (Å²) in [7, 11) is 0. The van der Waals surface area contributed by atoms with Gasteiger partial charge in [-0.05, 0) is 60.2 Å². The number of nitrogens with zero attached hydrogens (tertiary/aromatic N) is 1. The minimum absolute atomic E-state index is 0.0525. The van der Waals surface area contributed by atoms with Crippen molar-refractivity contribution in [3.05, 3.63) is 88.9 Å². The molecule has 2 aliphatic heterocycles. The Morgan fingerprint density at radius 2 is 1.97 bits per heavy atom. The molecule has 2 amide bonds. The van der Waals surface area contributed by atoms with Crippen LogP contribution in [0.5, 0.6) is 5.75 Å². The number of ether oxygens (including phenoxy) is 2. The molecule has 2 atom stereocenters. The molecule has 182 valence electrons. The molecule has 3 heterocycles. The molecule has 1 aromatic heterocycles. The second-order valence-corrected chi connectivity index (χ2v) is 9.04. The second kappa shape index (κ2) is 10.4. The minimum Gasteiger partial charge on any atom is -0.486 e. The van der Waals surface area contributed by atoms with Crippen LogP contribution in [-0.4, -0.2) is 42.5 Å². The summed E-state index contributed by atoms with van der Waals surface area (Å²) in [6, 6.07) is 19.4. The van der Waals surface area contributed by atoms with Crippen LogP contribution in [-0.2, 0) is 22.6 Å². The van der Waals surface area contributed by atoms with E-state index in [9.17, 15) is 9.59 Å². The number of benzene rings is 2. The van der Waals surface area contributed by atoms with Gasteiger partial charge in [0.05, 0.1) is 12.1 Å². The molecular weight excluding hydrogens is 444 g/mol. The summed E-state index contributed by atoms with van der Waals surface area (Å²) in [6.07, 6.45) is 2.89. The fraction of sp³-hybridized carbons (Fsp3) is 0.357. The highest BCUT2D eigenvalue weighted by Gasteiger charge is 2.30. The van der Waals surface area contributed by atoms with E-state index >= 15 is 0 Å². The average Bonchev–Trinajstić information content (AvgIpc) is 3.58. The Balaban J connectivity index is 1.27. The summed E-state index contributed by atoms with van der Waals surface area (Å²) in [4.78, 5) is 26.7. The highest BCUT2D eigenvalue weighted by Crippen LogP contribution is 2.37. The zero-order valence-corrected chi connectivity index (χ0v) is 19.9. The van der Waals surface area contributed by atoms with Crippen LogP contribution in [0.2, 0.25) is 0 Å². The van der Waals surface area contributed by atoms with E-state index < -0.39 is 0 Å². The number of carbonyl (C=O) groups is 2. The largest absolute Gasteiger partial charge is 0.486 e. The molecule has 7 nitrogen and oxygen atoms in total. The molecule has 1 fully saturated rings. The maximum Gasteiger partial charge on any atom is 0.287 e. The van der Waals surface area contributed by atoms with Crippen molar-refractivity contribution in [2.75, 3.05) is 19.7 Å². The summed E-state index contributed by atoms with van der Waals surface area (Å²) in [5, 5.41) is 2.87. The lowest BCUT2D eigenvalue weighted by Crippen LogP contribution is -2.39. The number of furan rings is 1. The molecule has 1 saturated heterocycles. The Kier molecular flexibility index (Phi) is 6.86. The Bertz CT molecular complexity index is 1180. The van der Waals surface area contributed by atoms with Gasteiger partial charge < -0.3 is 24.1 Å². The second-order valence-electron chi connectivity index (χ2n) is 9.04. The van der Waals surface area contributed by atoms with Crippen molar-refractivity contribution in [1.29, 1.82) is 0 Å². The number of nitrogens with one attached hydrogen (secondary N) is 1. The molecule has 35 heavy (non-hydrogen) atoms. The number of rotatable bonds is 7. The molecular formula is C28H30N2O5. The molecule has 2 aromatic carbocycles. The summed E-state index contributed by atoms with van der Waals surface area (Å²) in [6.45, 7) is 3.74. The minimum atomic E-state index is -0.254. The molecule has 0 spiro atoms. The topological polar surface area (TPSA) is 81.0 Å². The van der Waals surface area contributed by atoms with Crippen molar-refractivity contribution in [1.82, 2.24) is 10.2 Å². The van der Waals surface area contributed by atoms with Crippen molar-refractivity contribution in [2.45, 2.75) is 44.9 Å². The van der Waals surface area contributed by atoms with Crippen LogP contribution in [0.3, 0.4) is 0 Å². The monoisotopic (exact) mass is 474 g/mol. The van der Waals surface area contributed by atoms with E-state index in [4.69, 9.17) is 13.9 Å². The van der Waals surface area contributed by atoms with Gasteiger partial charge in [-0.1, -0.05) is 36.4 Å². The van der Waals surface area contributed by atoms with Crippen molar-refractivity contribution < 1.29 is 23.5 Å². The summed E-state index contributed by atoms with van der Waals surface area (Å²) in [5.74, 6) is 1.31. The quantitative estimate of drug-likeness (QED) is 0.553. The van der Waals surface area contributed by atoms with Gasteiger partial charge in [0, 0.05) is 26.6 Å². The van der Waals surface area contributed by atoms with E-state index in [2.05, 4.69) is 23.5 Å². The fourth-order valence-corrected chi connectivity index (χ4v) is 4.85. The predicted molar refractivity (Wildman–Crippen MR) is 130 cm³/mol. The van der Waals surface area contributed by atoms with Crippen LogP contribution < -0.4 is 10.1 Å². The van der Waals surface area contributed by atoms with Gasteiger partial charge in [-0.15, -0.1) is 0 Å². The Morgan fingerprint density at radius 1 is 1.11 bits per heavy atom. The van der Waals surface area contributed by atoms with E-state index in [0.29, 0.717) is 24.6 Å². The third-order valence-electron chi connectivity index (χ3n) is 6.65. The first-order chi connectivity index (χ1) is 17.1. The highest BCUT2D eigenvalue weighted by molar-refractivity contribution is 5.91. The zero-order valence-electron chi connectivity index (χ0n) is 19.9. The van der Waals surface area contributed by atoms with Gasteiger partial charge in [-0.25, -0.2) is 0 Å². The standard InChI is InChI=1S/C28H30N2O5/c1-19(31)30-14-13-20-9-10-22(16-25(20)27(30)21-6-3-2-4-7-21)34-18-24-11-12-26(35-24)28(32)29-17-23-8-5-15-33-23/h2-4,6-7,9-12,16,23,27H,5,8,13-15,17-18H2,1H3,(H,29,32)/t23-,27+/m1/s1. The van der Waals surface area contributed by atoms with Crippen molar-refractivity contribution >= 4 is 11.8 Å². The average molecular weight is 475 g/mol. The van der Waals surface area contributed by atoms with E-state index in [-0.39, 0.29) is 36.3 Å². The third-order valence-corrected chi connectivity index (χ3v) is 6.65. The van der Waals surface area contributed by atoms with Crippen molar-refractivity contribution in [3.63, 3.8) is 0 Å². The number of amides is 2. The lowest BCUT2D eigenvalue weighted by Gasteiger charge is -2.37. The van der Waals surface area contributed by atoms with Crippen LogP contribution in [0.1, 0.15) is 58.8 Å². The first kappa shape index (κ1) is 23.2. The van der Waals surface area contributed by atoms with Gasteiger partial charge in [0.25, 0.3) is 5.91 Å². The third kappa shape index (κ3) is 5.25. The Hall–Kier alpha value is -3.58. The lowest BCUT2D eigenvalue weighted by atomic mass is 9.88. The summed E-state index contributed by atoms with van der Waals surface area (Å²) in [5.41, 5.74) is 3.36. The van der Waals surface area contributed by atoms with E-state index in [1.165, 1.54) is 5.56 Å². The summed E-state index contributed by atoms with van der Waals surface area (Å²) < 4.78 is 17.3. The number of hydrogen-bond donors (Lipinski definition) is 1. The Morgan fingerprint density at radius 3 is 2.74 bits per heavy atom. The van der Waals surface area contributed by atoms with Gasteiger partial charge in [0.15, 0.2) is 5.76 Å². The SMILES string of the molecule is CC(=O)N1CCc2ccc(OCc3ccc(C(=O)NC[C@H]4CCCO4)o3)cc2[C@@H]1c1ccccc1. The van der Waals surface area contributed by atoms with Gasteiger partial charge in [0.2, 0.25) is 5.91 Å². The maximum atomic E-state index is 12.4. The molecule has 5 rings (SSSR count). The van der Waals surface area contributed by atoms with Gasteiger partial charge in [-0.2, -0.15) is 0 Å². The van der Waals surface area contributed by atoms with Gasteiger partial charge >= 0.3 is 0 Å². The molecule has 0 saturated carbocycles. The van der Waals surface area contributed by atoms with Gasteiger partial charge in [-0.3, -0.25) is 9.59 Å². The van der Waals surface area contributed by atoms with E-state index in [1.807, 2.05) is 35.2 Å². The van der Waals surface area contributed by atoms with E-state index in [0.717, 1.165) is 37.0 Å². The number of hydrogen-bond acceptors (Lipinski definition) is 5. The van der Waals surface area contributed by atoms with Crippen LogP contribution in [0, 0.1) is 0 Å². The van der Waals surface area contributed by atoms with Crippen molar-refractivity contribution in [2.24, 2.45) is 0 Å². The van der Waals surface area contributed by atoms with Crippen LogP contribution in [0.15, 0.2) is 65.1 Å². The number of carbonyl (C=O) groups excluding carboxylic acids is 2. The normalized spacial score (nSPS) is 19.3. The predicted octanol–water partition coefficient (Wildman–Crippen LogP) is 4.26. The maximum absolute atomic E-state index is 12.4. The molecule has 1 N–H and O–H groups in total. The molecule has 0 aliphatic carbocycles. The molecule has 0 bridgehead atoms. The Labute approximate surface area is 205 Å². The first-order valence-electron chi connectivity index (χ1n) is 12.1. The lowest BCUT2D eigenvalue weighted by molar-refractivity contribution is -0.130. The fourth-order valence-electron chi connectivity index (χ4n) is 4.85. The molecule has 0 unspecified atom stereocenters. The van der Waals surface area contributed by atoms with E-state index in [1.54, 1.807) is 19.1 Å². The summed E-state index contributed by atoms with van der Waals surface area (Å²) >= 11 is 0. The van der Waals surface area contributed by atoms with Gasteiger partial charge in [0.1, 0.15) is 18.1 Å². The first-order valence-corrected chi connectivity index (χ1v) is 12.1. The molecule has 2 aliphatic rings. The molecule has 0 radical (unpaired) electrons. The van der Waals surface area contributed by atoms with Crippen LogP contribution in [0.25, 0.3) is 0 Å². The zero-order chi connectivity index (χ0) is 24.2.